The second-order valence-electron chi connectivity index (χ2n) is 5.47. The number of nitrogens with one attached hydrogen (secondary N) is 1. The van der Waals surface area contributed by atoms with Gasteiger partial charge in [0.15, 0.2) is 11.6 Å². The standard InChI is InChI=1S/C17H16FN5O3/c1-9-20-13(16-22-10(2)26-23-16)7-14(21-9)17(24)19-8-11-4-5-12(18)15(6-11)25-3/h4-7H,8H2,1-3H3,(H,19,24). The summed E-state index contributed by atoms with van der Waals surface area (Å²) in [6.07, 6.45) is 0. The van der Waals surface area contributed by atoms with E-state index in [1.807, 2.05) is 0 Å². The second-order valence-corrected chi connectivity index (χ2v) is 5.47. The molecule has 1 N–H and O–H groups in total. The summed E-state index contributed by atoms with van der Waals surface area (Å²) < 4.78 is 23.3. The van der Waals surface area contributed by atoms with Gasteiger partial charge in [0.2, 0.25) is 11.7 Å². The van der Waals surface area contributed by atoms with Gasteiger partial charge < -0.3 is 14.6 Å². The van der Waals surface area contributed by atoms with Gasteiger partial charge in [-0.25, -0.2) is 14.4 Å². The van der Waals surface area contributed by atoms with Crippen LogP contribution in [0.5, 0.6) is 5.75 Å². The summed E-state index contributed by atoms with van der Waals surface area (Å²) in [4.78, 5) is 24.9. The first-order valence-corrected chi connectivity index (χ1v) is 7.73. The SMILES string of the molecule is COc1cc(CNC(=O)c2cc(-c3noc(C)n3)nc(C)n2)ccc1F. The highest BCUT2D eigenvalue weighted by Crippen LogP contribution is 2.18. The zero-order valence-electron chi connectivity index (χ0n) is 14.4. The van der Waals surface area contributed by atoms with Gasteiger partial charge >= 0.3 is 0 Å². The van der Waals surface area contributed by atoms with E-state index in [9.17, 15) is 9.18 Å². The van der Waals surface area contributed by atoms with Crippen LogP contribution in [0.3, 0.4) is 0 Å². The van der Waals surface area contributed by atoms with E-state index in [1.165, 1.54) is 25.3 Å². The lowest BCUT2D eigenvalue weighted by atomic mass is 10.2. The first-order chi connectivity index (χ1) is 12.5. The van der Waals surface area contributed by atoms with Crippen LogP contribution in [0.1, 0.15) is 27.8 Å². The molecule has 0 aliphatic carbocycles. The van der Waals surface area contributed by atoms with Gasteiger partial charge in [-0.3, -0.25) is 4.79 Å². The fourth-order valence-electron chi connectivity index (χ4n) is 2.29. The summed E-state index contributed by atoms with van der Waals surface area (Å²) >= 11 is 0. The van der Waals surface area contributed by atoms with Crippen molar-refractivity contribution in [3.8, 4) is 17.3 Å². The number of methoxy groups -OCH3 is 1. The molecule has 0 spiro atoms. The molecule has 0 atom stereocenters. The van der Waals surface area contributed by atoms with E-state index in [2.05, 4.69) is 25.4 Å². The minimum atomic E-state index is -0.464. The quantitative estimate of drug-likeness (QED) is 0.747. The predicted molar refractivity (Wildman–Crippen MR) is 88.9 cm³/mol. The molecule has 9 heteroatoms. The molecular weight excluding hydrogens is 341 g/mol. The topological polar surface area (TPSA) is 103 Å². The number of amides is 1. The fraction of sp³-hybridized carbons (Fsp3) is 0.235. The second kappa shape index (κ2) is 7.26. The summed E-state index contributed by atoms with van der Waals surface area (Å²) in [6, 6.07) is 5.86. The lowest BCUT2D eigenvalue weighted by Gasteiger charge is -2.08. The molecule has 0 aliphatic heterocycles. The molecule has 8 nitrogen and oxygen atoms in total. The maximum Gasteiger partial charge on any atom is 0.270 e. The van der Waals surface area contributed by atoms with E-state index in [1.54, 1.807) is 19.9 Å². The number of aryl methyl sites for hydroxylation is 2. The number of hydrogen-bond donors (Lipinski definition) is 1. The molecule has 3 aromatic rings. The van der Waals surface area contributed by atoms with Gasteiger partial charge in [0.25, 0.3) is 5.91 Å². The molecule has 26 heavy (non-hydrogen) atoms. The minimum Gasteiger partial charge on any atom is -0.494 e. The third-order valence-electron chi connectivity index (χ3n) is 3.50. The number of benzene rings is 1. The maximum atomic E-state index is 13.4. The van der Waals surface area contributed by atoms with Gasteiger partial charge in [0.1, 0.15) is 17.2 Å². The van der Waals surface area contributed by atoms with Crippen molar-refractivity contribution in [1.82, 2.24) is 25.4 Å². The highest BCUT2D eigenvalue weighted by atomic mass is 19.1. The largest absolute Gasteiger partial charge is 0.494 e. The van der Waals surface area contributed by atoms with Crippen LogP contribution in [-0.2, 0) is 6.54 Å². The van der Waals surface area contributed by atoms with Crippen molar-refractivity contribution in [2.24, 2.45) is 0 Å². The number of rotatable bonds is 5. The first kappa shape index (κ1) is 17.5. The van der Waals surface area contributed by atoms with Crippen LogP contribution in [0.25, 0.3) is 11.5 Å². The van der Waals surface area contributed by atoms with Crippen molar-refractivity contribution in [2.45, 2.75) is 20.4 Å². The smallest absolute Gasteiger partial charge is 0.270 e. The van der Waals surface area contributed by atoms with Crippen molar-refractivity contribution in [3.05, 3.63) is 53.1 Å². The molecular formula is C17H16FN5O3. The Morgan fingerprint density at radius 2 is 2.04 bits per heavy atom. The van der Waals surface area contributed by atoms with Crippen LogP contribution >= 0.6 is 0 Å². The average molecular weight is 357 g/mol. The highest BCUT2D eigenvalue weighted by Gasteiger charge is 2.15. The average Bonchev–Trinajstić information content (AvgIpc) is 3.06. The number of carbonyl (C=O) groups excluding carboxylic acids is 1. The molecule has 0 fully saturated rings. The summed E-state index contributed by atoms with van der Waals surface area (Å²) in [5.41, 5.74) is 1.25. The normalized spacial score (nSPS) is 10.6. The Morgan fingerprint density at radius 1 is 1.23 bits per heavy atom. The lowest BCUT2D eigenvalue weighted by Crippen LogP contribution is -2.24. The Labute approximate surface area is 148 Å². The summed E-state index contributed by atoms with van der Waals surface area (Å²) in [7, 11) is 1.38. The van der Waals surface area contributed by atoms with Gasteiger partial charge in [-0.2, -0.15) is 4.98 Å². The molecule has 0 aliphatic rings. The van der Waals surface area contributed by atoms with E-state index < -0.39 is 11.7 Å². The van der Waals surface area contributed by atoms with Gasteiger partial charge in [-0.05, 0) is 30.7 Å². The van der Waals surface area contributed by atoms with Crippen LogP contribution in [0, 0.1) is 19.7 Å². The molecule has 1 amide bonds. The number of hydrogen-bond acceptors (Lipinski definition) is 7. The van der Waals surface area contributed by atoms with Crippen molar-refractivity contribution in [2.75, 3.05) is 7.11 Å². The van der Waals surface area contributed by atoms with E-state index in [0.717, 1.165) is 0 Å². The molecule has 0 radical (unpaired) electrons. The van der Waals surface area contributed by atoms with Crippen LogP contribution in [0.4, 0.5) is 4.39 Å². The maximum absolute atomic E-state index is 13.4. The van der Waals surface area contributed by atoms with Gasteiger partial charge in [0.05, 0.1) is 7.11 Å². The zero-order valence-corrected chi connectivity index (χ0v) is 14.4. The Kier molecular flexibility index (Phi) is 4.87. The molecule has 0 unspecified atom stereocenters. The number of ether oxygens (including phenoxy) is 1. The van der Waals surface area contributed by atoms with Crippen molar-refractivity contribution in [3.63, 3.8) is 0 Å². The van der Waals surface area contributed by atoms with Crippen LogP contribution in [-0.4, -0.2) is 33.1 Å². The molecule has 134 valence electrons. The number of aromatic nitrogens is 4. The van der Waals surface area contributed by atoms with Crippen LogP contribution in [0.15, 0.2) is 28.8 Å². The lowest BCUT2D eigenvalue weighted by molar-refractivity contribution is 0.0945. The summed E-state index contributed by atoms with van der Waals surface area (Å²) in [6.45, 7) is 3.52. The Hall–Kier alpha value is -3.36. The van der Waals surface area contributed by atoms with Gasteiger partial charge in [0, 0.05) is 13.5 Å². The van der Waals surface area contributed by atoms with Crippen molar-refractivity contribution in [1.29, 1.82) is 0 Å². The van der Waals surface area contributed by atoms with E-state index in [0.29, 0.717) is 23.0 Å². The molecule has 2 heterocycles. The Bertz CT molecular complexity index is 957. The fourth-order valence-corrected chi connectivity index (χ4v) is 2.29. The van der Waals surface area contributed by atoms with Crippen LogP contribution < -0.4 is 10.1 Å². The van der Waals surface area contributed by atoms with E-state index in [-0.39, 0.29) is 23.8 Å². The molecule has 0 saturated heterocycles. The van der Waals surface area contributed by atoms with Crippen molar-refractivity contribution < 1.29 is 18.4 Å². The van der Waals surface area contributed by atoms with Crippen LogP contribution in [0.2, 0.25) is 0 Å². The number of halogens is 1. The summed E-state index contributed by atoms with van der Waals surface area (Å²) in [5.74, 6) is 0.329. The molecule has 0 bridgehead atoms. The van der Waals surface area contributed by atoms with E-state index in [4.69, 9.17) is 9.26 Å². The predicted octanol–water partition coefficient (Wildman–Crippen LogP) is 2.22. The van der Waals surface area contributed by atoms with Crippen molar-refractivity contribution >= 4 is 5.91 Å². The monoisotopic (exact) mass is 357 g/mol. The molecule has 1 aromatic carbocycles. The molecule has 2 aromatic heterocycles. The molecule has 0 saturated carbocycles. The Balaban J connectivity index is 1.76. The van der Waals surface area contributed by atoms with Gasteiger partial charge in [-0.1, -0.05) is 11.2 Å². The highest BCUT2D eigenvalue weighted by molar-refractivity contribution is 5.93. The first-order valence-electron chi connectivity index (χ1n) is 7.73. The van der Waals surface area contributed by atoms with E-state index >= 15 is 0 Å². The third-order valence-corrected chi connectivity index (χ3v) is 3.50. The number of nitrogens with zero attached hydrogens (tertiary/aromatic N) is 4. The zero-order chi connectivity index (χ0) is 18.7. The minimum absolute atomic E-state index is 0.115. The summed E-state index contributed by atoms with van der Waals surface area (Å²) in [5, 5.41) is 6.52. The number of carbonyl (C=O) groups is 1. The third kappa shape index (κ3) is 3.82. The molecule has 3 rings (SSSR count). The Morgan fingerprint density at radius 3 is 2.73 bits per heavy atom. The van der Waals surface area contributed by atoms with Gasteiger partial charge in [-0.15, -0.1) is 0 Å².